The molecule has 6 heteroatoms. The Morgan fingerprint density at radius 3 is 2.33 bits per heavy atom. The summed E-state index contributed by atoms with van der Waals surface area (Å²) in [6.07, 6.45) is 2.03. The summed E-state index contributed by atoms with van der Waals surface area (Å²) in [7, 11) is -0.460. The van der Waals surface area contributed by atoms with Crippen LogP contribution < -0.4 is 0 Å². The second kappa shape index (κ2) is 7.24. The predicted molar refractivity (Wildman–Crippen MR) is 103 cm³/mol. The van der Waals surface area contributed by atoms with Crippen LogP contribution in [-0.2, 0) is 14.1 Å². The van der Waals surface area contributed by atoms with Crippen LogP contribution in [0.2, 0.25) is 5.02 Å². The highest BCUT2D eigenvalue weighted by atomic mass is 35.5. The first-order valence-electron chi connectivity index (χ1n) is 7.97. The van der Waals surface area contributed by atoms with Gasteiger partial charge in [-0.25, -0.2) is 0 Å². The Bertz CT molecular complexity index is 654. The first-order valence-corrected chi connectivity index (χ1v) is 9.34. The van der Waals surface area contributed by atoms with Crippen LogP contribution in [0.5, 0.6) is 0 Å². The average Bonchev–Trinajstić information content (AvgIpc) is 2.67. The summed E-state index contributed by atoms with van der Waals surface area (Å²) in [5.74, 6) is 0.536. The molecule has 0 atom stereocenters. The van der Waals surface area contributed by atoms with Gasteiger partial charge in [0.15, 0.2) is 5.12 Å². The molecule has 1 aliphatic heterocycles. The number of benzene rings is 1. The molecule has 24 heavy (non-hydrogen) atoms. The van der Waals surface area contributed by atoms with Crippen molar-refractivity contribution in [1.29, 1.82) is 0 Å². The van der Waals surface area contributed by atoms with Gasteiger partial charge < -0.3 is 9.31 Å². The molecule has 0 saturated carbocycles. The van der Waals surface area contributed by atoms with E-state index < -0.39 is 18.3 Å². The van der Waals surface area contributed by atoms with Gasteiger partial charge in [0.05, 0.1) is 11.2 Å². The summed E-state index contributed by atoms with van der Waals surface area (Å²) in [5.41, 5.74) is 2.15. The van der Waals surface area contributed by atoms with Crippen LogP contribution in [0.15, 0.2) is 23.7 Å². The number of hydrogen-bond acceptors (Lipinski definition) is 4. The Labute approximate surface area is 154 Å². The number of carbonyl (C=O) groups is 1. The molecule has 0 radical (unpaired) electrons. The maximum atomic E-state index is 11.4. The number of halogens is 1. The number of aryl methyl sites for hydroxylation is 1. The largest absolute Gasteiger partial charge is 0.491 e. The van der Waals surface area contributed by atoms with Gasteiger partial charge in [-0.05, 0) is 57.3 Å². The molecule has 1 aromatic carbocycles. The molecule has 1 fully saturated rings. The Morgan fingerprint density at radius 2 is 1.83 bits per heavy atom. The zero-order valence-electron chi connectivity index (χ0n) is 15.1. The molecule has 0 spiro atoms. The molecule has 2 rings (SSSR count). The van der Waals surface area contributed by atoms with Gasteiger partial charge in [-0.15, -0.1) is 0 Å². The molecule has 0 unspecified atom stereocenters. The summed E-state index contributed by atoms with van der Waals surface area (Å²) >= 11 is 7.36. The standard InChI is InChI=1S/C18H24BClO3S/c1-12-9-14(7-8-16(12)20)10-15(11-24-13(2)21)19-22-17(3,4)18(5,6)23-19/h7-10H,11H2,1-6H3. The van der Waals surface area contributed by atoms with Gasteiger partial charge in [0.1, 0.15) is 0 Å². The topological polar surface area (TPSA) is 35.5 Å². The molecule has 0 bridgehead atoms. The first-order chi connectivity index (χ1) is 11.0. The molecule has 0 aromatic heterocycles. The SMILES string of the molecule is CC(=O)SCC(=Cc1ccc(Cl)c(C)c1)B1OC(C)(C)C(C)(C)O1. The van der Waals surface area contributed by atoms with Crippen molar-refractivity contribution in [2.75, 3.05) is 5.75 Å². The van der Waals surface area contributed by atoms with Crippen LogP contribution in [0.25, 0.3) is 6.08 Å². The van der Waals surface area contributed by atoms with Gasteiger partial charge in [0.2, 0.25) is 0 Å². The lowest BCUT2D eigenvalue weighted by atomic mass is 9.78. The monoisotopic (exact) mass is 366 g/mol. The van der Waals surface area contributed by atoms with Crippen molar-refractivity contribution in [2.24, 2.45) is 0 Å². The molecule has 1 aromatic rings. The van der Waals surface area contributed by atoms with Crippen LogP contribution >= 0.6 is 23.4 Å². The minimum atomic E-state index is -0.460. The van der Waals surface area contributed by atoms with Crippen molar-refractivity contribution in [3.05, 3.63) is 39.8 Å². The van der Waals surface area contributed by atoms with Gasteiger partial charge in [0, 0.05) is 17.7 Å². The van der Waals surface area contributed by atoms with E-state index in [0.29, 0.717) is 5.75 Å². The van der Waals surface area contributed by atoms with Crippen molar-refractivity contribution in [1.82, 2.24) is 0 Å². The predicted octanol–water partition coefficient (Wildman–Crippen LogP) is 4.94. The fourth-order valence-electron chi connectivity index (χ4n) is 2.33. The highest BCUT2D eigenvalue weighted by molar-refractivity contribution is 8.13. The quantitative estimate of drug-likeness (QED) is 0.707. The van der Waals surface area contributed by atoms with Crippen molar-refractivity contribution in [3.8, 4) is 0 Å². The third-order valence-corrected chi connectivity index (χ3v) is 5.84. The van der Waals surface area contributed by atoms with E-state index in [2.05, 4.69) is 0 Å². The second-order valence-electron chi connectivity index (χ2n) is 7.10. The molecule has 1 heterocycles. The van der Waals surface area contributed by atoms with Crippen molar-refractivity contribution < 1.29 is 14.1 Å². The molecule has 1 saturated heterocycles. The normalized spacial score (nSPS) is 19.6. The highest BCUT2D eigenvalue weighted by Gasteiger charge is 2.52. The zero-order chi connectivity index (χ0) is 18.1. The van der Waals surface area contributed by atoms with Gasteiger partial charge >= 0.3 is 7.12 Å². The Hall–Kier alpha value is -0.745. The van der Waals surface area contributed by atoms with Gasteiger partial charge in [-0.3, -0.25) is 4.79 Å². The van der Waals surface area contributed by atoms with E-state index in [9.17, 15) is 4.79 Å². The second-order valence-corrected chi connectivity index (χ2v) is 8.66. The number of rotatable bonds is 4. The lowest BCUT2D eigenvalue weighted by Gasteiger charge is -2.32. The summed E-state index contributed by atoms with van der Waals surface area (Å²) < 4.78 is 12.3. The summed E-state index contributed by atoms with van der Waals surface area (Å²) in [6, 6.07) is 5.85. The first kappa shape index (κ1) is 19.6. The molecule has 0 amide bonds. The minimum absolute atomic E-state index is 0.0738. The Kier molecular flexibility index (Phi) is 5.91. The van der Waals surface area contributed by atoms with Crippen LogP contribution in [0.1, 0.15) is 45.7 Å². The van der Waals surface area contributed by atoms with Crippen molar-refractivity contribution in [3.63, 3.8) is 0 Å². The Morgan fingerprint density at radius 1 is 1.25 bits per heavy atom. The van der Waals surface area contributed by atoms with Crippen LogP contribution in [0, 0.1) is 6.92 Å². The van der Waals surface area contributed by atoms with Crippen molar-refractivity contribution >= 4 is 41.7 Å². The van der Waals surface area contributed by atoms with E-state index in [4.69, 9.17) is 20.9 Å². The van der Waals surface area contributed by atoms with E-state index in [0.717, 1.165) is 21.6 Å². The molecule has 3 nitrogen and oxygen atoms in total. The lowest BCUT2D eigenvalue weighted by Crippen LogP contribution is -2.41. The van der Waals surface area contributed by atoms with Gasteiger partial charge in [0.25, 0.3) is 0 Å². The fraction of sp³-hybridized carbons (Fsp3) is 0.500. The highest BCUT2D eigenvalue weighted by Crippen LogP contribution is 2.39. The van der Waals surface area contributed by atoms with Gasteiger partial charge in [-0.1, -0.05) is 41.6 Å². The maximum Gasteiger partial charge on any atom is 0.491 e. The van der Waals surface area contributed by atoms with E-state index in [1.165, 1.54) is 11.8 Å². The summed E-state index contributed by atoms with van der Waals surface area (Å²) in [6.45, 7) is 11.6. The number of hydrogen-bond donors (Lipinski definition) is 0. The summed E-state index contributed by atoms with van der Waals surface area (Å²) in [4.78, 5) is 11.4. The molecule has 130 valence electrons. The van der Waals surface area contributed by atoms with Crippen LogP contribution in [0.4, 0.5) is 0 Å². The minimum Gasteiger partial charge on any atom is -0.400 e. The lowest BCUT2D eigenvalue weighted by molar-refractivity contribution is -0.109. The van der Waals surface area contributed by atoms with E-state index in [-0.39, 0.29) is 5.12 Å². The van der Waals surface area contributed by atoms with Crippen LogP contribution in [-0.4, -0.2) is 29.2 Å². The smallest absolute Gasteiger partial charge is 0.400 e. The molecule has 0 N–H and O–H groups in total. The van der Waals surface area contributed by atoms with Crippen molar-refractivity contribution in [2.45, 2.75) is 52.7 Å². The maximum absolute atomic E-state index is 11.4. The van der Waals surface area contributed by atoms with E-state index in [1.54, 1.807) is 6.92 Å². The van der Waals surface area contributed by atoms with E-state index in [1.807, 2.05) is 58.9 Å². The zero-order valence-corrected chi connectivity index (χ0v) is 16.7. The molecule has 0 aliphatic carbocycles. The molecular formula is C18H24BClO3S. The van der Waals surface area contributed by atoms with Crippen LogP contribution in [0.3, 0.4) is 0 Å². The third-order valence-electron chi connectivity index (χ3n) is 4.53. The average molecular weight is 367 g/mol. The van der Waals surface area contributed by atoms with Gasteiger partial charge in [-0.2, -0.15) is 0 Å². The number of carbonyl (C=O) groups excluding carboxylic acids is 1. The Balaban J connectivity index is 2.33. The third kappa shape index (κ3) is 4.45. The van der Waals surface area contributed by atoms with E-state index >= 15 is 0 Å². The fourth-order valence-corrected chi connectivity index (χ4v) is 3.04. The molecular weight excluding hydrogens is 343 g/mol. The molecule has 1 aliphatic rings. The number of thioether (sulfide) groups is 1. The summed E-state index contributed by atoms with van der Waals surface area (Å²) in [5, 5.41) is 0.812.